The number of thioether (sulfide) groups is 1. The zero-order valence-electron chi connectivity index (χ0n) is 12.0. The Morgan fingerprint density at radius 2 is 2.15 bits per heavy atom. The number of anilines is 1. The third-order valence-electron chi connectivity index (χ3n) is 4.38. The van der Waals surface area contributed by atoms with Gasteiger partial charge in [0.05, 0.1) is 11.3 Å². The van der Waals surface area contributed by atoms with Crippen molar-refractivity contribution in [2.24, 2.45) is 0 Å². The predicted octanol–water partition coefficient (Wildman–Crippen LogP) is 3.99. The number of ether oxygens (including phenoxy) is 1. The van der Waals surface area contributed by atoms with Crippen LogP contribution in [0.15, 0.2) is 18.2 Å². The van der Waals surface area contributed by atoms with E-state index in [2.05, 4.69) is 5.32 Å². The lowest BCUT2D eigenvalue weighted by molar-refractivity contribution is -0.0865. The fourth-order valence-electron chi connectivity index (χ4n) is 3.20. The Labute approximate surface area is 124 Å². The van der Waals surface area contributed by atoms with Crippen molar-refractivity contribution in [3.8, 4) is 0 Å². The van der Waals surface area contributed by atoms with Gasteiger partial charge < -0.3 is 10.1 Å². The molecule has 2 nitrogen and oxygen atoms in total. The van der Waals surface area contributed by atoms with E-state index in [9.17, 15) is 4.39 Å². The molecule has 0 aliphatic carbocycles. The molecule has 3 rings (SSSR count). The first-order valence-electron chi connectivity index (χ1n) is 7.41. The van der Waals surface area contributed by atoms with Crippen molar-refractivity contribution in [2.45, 2.75) is 44.2 Å². The van der Waals surface area contributed by atoms with Crippen molar-refractivity contribution in [3.63, 3.8) is 0 Å². The summed E-state index contributed by atoms with van der Waals surface area (Å²) >= 11 is 2.01. The van der Waals surface area contributed by atoms with E-state index in [1.165, 1.54) is 11.5 Å². The van der Waals surface area contributed by atoms with Gasteiger partial charge in [-0.3, -0.25) is 0 Å². The monoisotopic (exact) mass is 295 g/mol. The summed E-state index contributed by atoms with van der Waals surface area (Å²) in [5, 5.41) is 3.39. The molecule has 0 radical (unpaired) electrons. The molecule has 4 heteroatoms. The fraction of sp³-hybridized carbons (Fsp3) is 0.625. The fourth-order valence-corrected chi connectivity index (χ4v) is 4.44. The molecule has 1 spiro atoms. The van der Waals surface area contributed by atoms with E-state index in [0.29, 0.717) is 11.7 Å². The van der Waals surface area contributed by atoms with Gasteiger partial charge in [-0.2, -0.15) is 11.8 Å². The molecule has 0 aromatic heterocycles. The van der Waals surface area contributed by atoms with Crippen LogP contribution in [0.25, 0.3) is 0 Å². The van der Waals surface area contributed by atoms with Gasteiger partial charge in [0.25, 0.3) is 0 Å². The molecule has 20 heavy (non-hydrogen) atoms. The summed E-state index contributed by atoms with van der Waals surface area (Å²) in [6.07, 6.45) is 4.22. The predicted molar refractivity (Wildman–Crippen MR) is 83.0 cm³/mol. The topological polar surface area (TPSA) is 21.3 Å². The number of hydrogen-bond acceptors (Lipinski definition) is 3. The minimum Gasteiger partial charge on any atom is -0.380 e. The second kappa shape index (κ2) is 5.94. The Hall–Kier alpha value is -0.740. The second-order valence-electron chi connectivity index (χ2n) is 5.96. The van der Waals surface area contributed by atoms with Crippen molar-refractivity contribution in [1.29, 1.82) is 0 Å². The molecule has 1 atom stereocenters. The van der Waals surface area contributed by atoms with Gasteiger partial charge in [-0.1, -0.05) is 6.07 Å². The molecule has 1 unspecified atom stereocenters. The molecule has 2 saturated heterocycles. The SMILES string of the molecule is Cc1ccc(NC2CCOC3(CCSCC3)C2)c(F)c1. The maximum Gasteiger partial charge on any atom is 0.146 e. The Bertz CT molecular complexity index is 468. The average molecular weight is 295 g/mol. The highest BCUT2D eigenvalue weighted by Crippen LogP contribution is 2.38. The van der Waals surface area contributed by atoms with Crippen LogP contribution >= 0.6 is 11.8 Å². The number of nitrogens with one attached hydrogen (secondary N) is 1. The van der Waals surface area contributed by atoms with Gasteiger partial charge in [0.2, 0.25) is 0 Å². The zero-order valence-corrected chi connectivity index (χ0v) is 12.8. The van der Waals surface area contributed by atoms with Gasteiger partial charge in [-0.05, 0) is 61.8 Å². The molecule has 0 bridgehead atoms. The maximum absolute atomic E-state index is 13.9. The van der Waals surface area contributed by atoms with E-state index < -0.39 is 0 Å². The van der Waals surface area contributed by atoms with Crippen LogP contribution in [0.2, 0.25) is 0 Å². The normalized spacial score (nSPS) is 25.6. The Morgan fingerprint density at radius 3 is 2.90 bits per heavy atom. The maximum atomic E-state index is 13.9. The number of halogens is 1. The molecular formula is C16H22FNOS. The molecule has 1 aromatic carbocycles. The highest BCUT2D eigenvalue weighted by molar-refractivity contribution is 7.99. The van der Waals surface area contributed by atoms with E-state index in [-0.39, 0.29) is 11.4 Å². The number of rotatable bonds is 2. The summed E-state index contributed by atoms with van der Waals surface area (Å²) in [5.41, 5.74) is 1.63. The van der Waals surface area contributed by atoms with Gasteiger partial charge >= 0.3 is 0 Å². The number of aryl methyl sites for hydroxylation is 1. The quantitative estimate of drug-likeness (QED) is 0.891. The number of hydrogen-bond donors (Lipinski definition) is 1. The number of benzene rings is 1. The largest absolute Gasteiger partial charge is 0.380 e. The minimum atomic E-state index is -0.148. The second-order valence-corrected chi connectivity index (χ2v) is 7.19. The van der Waals surface area contributed by atoms with Crippen LogP contribution in [0.4, 0.5) is 10.1 Å². The first kappa shape index (κ1) is 14.2. The first-order chi connectivity index (χ1) is 9.67. The first-order valence-corrected chi connectivity index (χ1v) is 8.57. The van der Waals surface area contributed by atoms with E-state index >= 15 is 0 Å². The Kier molecular flexibility index (Phi) is 4.22. The van der Waals surface area contributed by atoms with Gasteiger partial charge in [-0.25, -0.2) is 4.39 Å². The third-order valence-corrected chi connectivity index (χ3v) is 5.37. The van der Waals surface area contributed by atoms with Crippen molar-refractivity contribution in [1.82, 2.24) is 0 Å². The minimum absolute atomic E-state index is 0.0440. The van der Waals surface area contributed by atoms with Gasteiger partial charge in [0.15, 0.2) is 0 Å². The Morgan fingerprint density at radius 1 is 1.35 bits per heavy atom. The average Bonchev–Trinajstić information content (AvgIpc) is 2.43. The van der Waals surface area contributed by atoms with Crippen molar-refractivity contribution < 1.29 is 9.13 Å². The molecule has 1 N–H and O–H groups in total. The van der Waals surface area contributed by atoms with Crippen LogP contribution in [0.1, 0.15) is 31.2 Å². The van der Waals surface area contributed by atoms with Gasteiger partial charge in [0.1, 0.15) is 5.82 Å². The zero-order chi connectivity index (χ0) is 14.0. The lowest BCUT2D eigenvalue weighted by Gasteiger charge is -2.43. The van der Waals surface area contributed by atoms with Crippen molar-refractivity contribution >= 4 is 17.4 Å². The summed E-state index contributed by atoms with van der Waals surface area (Å²) < 4.78 is 20.0. The molecule has 2 fully saturated rings. The highest BCUT2D eigenvalue weighted by atomic mass is 32.2. The molecule has 2 heterocycles. The van der Waals surface area contributed by atoms with Gasteiger partial charge in [-0.15, -0.1) is 0 Å². The summed E-state index contributed by atoms with van der Waals surface area (Å²) in [4.78, 5) is 0. The van der Waals surface area contributed by atoms with Gasteiger partial charge in [0, 0.05) is 12.6 Å². The van der Waals surface area contributed by atoms with Crippen LogP contribution in [0.5, 0.6) is 0 Å². The summed E-state index contributed by atoms with van der Waals surface area (Å²) in [6.45, 7) is 2.70. The summed E-state index contributed by atoms with van der Waals surface area (Å²) in [7, 11) is 0. The lowest BCUT2D eigenvalue weighted by Crippen LogP contribution is -2.46. The molecular weight excluding hydrogens is 273 g/mol. The van der Waals surface area contributed by atoms with E-state index in [4.69, 9.17) is 4.74 Å². The molecule has 2 aliphatic heterocycles. The smallest absolute Gasteiger partial charge is 0.146 e. The van der Waals surface area contributed by atoms with Crippen LogP contribution in [0.3, 0.4) is 0 Å². The summed E-state index contributed by atoms with van der Waals surface area (Å²) in [6, 6.07) is 5.72. The van der Waals surface area contributed by atoms with Crippen LogP contribution < -0.4 is 5.32 Å². The van der Waals surface area contributed by atoms with Crippen LogP contribution in [-0.2, 0) is 4.74 Å². The van der Waals surface area contributed by atoms with Crippen molar-refractivity contribution in [3.05, 3.63) is 29.6 Å². The van der Waals surface area contributed by atoms with E-state index in [1.54, 1.807) is 6.07 Å². The lowest BCUT2D eigenvalue weighted by atomic mass is 9.85. The van der Waals surface area contributed by atoms with E-state index in [0.717, 1.165) is 37.9 Å². The summed E-state index contributed by atoms with van der Waals surface area (Å²) in [5.74, 6) is 2.22. The molecule has 0 saturated carbocycles. The van der Waals surface area contributed by atoms with Crippen LogP contribution in [-0.4, -0.2) is 29.8 Å². The molecule has 1 aromatic rings. The molecule has 2 aliphatic rings. The Balaban J connectivity index is 1.68. The highest BCUT2D eigenvalue weighted by Gasteiger charge is 2.38. The molecule has 0 amide bonds. The van der Waals surface area contributed by atoms with Crippen molar-refractivity contribution in [2.75, 3.05) is 23.4 Å². The standard InChI is InChI=1S/C16H22FNOS/c1-12-2-3-15(14(17)10-12)18-13-4-7-19-16(11-13)5-8-20-9-6-16/h2-3,10,13,18H,4-9,11H2,1H3. The third kappa shape index (κ3) is 3.12. The molecule has 110 valence electrons. The van der Waals surface area contributed by atoms with Crippen LogP contribution in [0, 0.1) is 12.7 Å². The van der Waals surface area contributed by atoms with E-state index in [1.807, 2.05) is 30.8 Å².